The molecule has 0 bridgehead atoms. The smallest absolute Gasteiger partial charge is 0.206 e. The van der Waals surface area contributed by atoms with E-state index in [0.29, 0.717) is 26.6 Å². The summed E-state index contributed by atoms with van der Waals surface area (Å²) in [5.74, 6) is 0. The lowest BCUT2D eigenvalue weighted by atomic mass is 10.1. The molecule has 2 aromatic carbocycles. The molecule has 0 amide bonds. The zero-order valence-corrected chi connectivity index (χ0v) is 16.9. The molecule has 0 aliphatic rings. The van der Waals surface area contributed by atoms with Gasteiger partial charge in [-0.25, -0.2) is 8.42 Å². The van der Waals surface area contributed by atoms with Gasteiger partial charge < -0.3 is 0 Å². The van der Waals surface area contributed by atoms with Gasteiger partial charge in [0.05, 0.1) is 27.6 Å². The molecule has 3 rings (SSSR count). The van der Waals surface area contributed by atoms with Crippen molar-refractivity contribution >= 4 is 33.0 Å². The van der Waals surface area contributed by atoms with Crippen molar-refractivity contribution in [2.75, 3.05) is 0 Å². The van der Waals surface area contributed by atoms with Crippen LogP contribution in [-0.4, -0.2) is 12.7 Å². The molecule has 0 aliphatic heterocycles. The minimum atomic E-state index is -3.81. The molecule has 0 unspecified atom stereocenters. The molecule has 0 N–H and O–H groups in total. The van der Waals surface area contributed by atoms with Gasteiger partial charge in [0.25, 0.3) is 10.0 Å². The number of hydrogen-bond acceptors (Lipinski definition) is 5. The van der Waals surface area contributed by atoms with Gasteiger partial charge in [-0.1, -0.05) is 35.9 Å². The summed E-state index contributed by atoms with van der Waals surface area (Å²) in [6.07, 6.45) is 0. The zero-order valence-electron chi connectivity index (χ0n) is 14.5. The van der Waals surface area contributed by atoms with Crippen LogP contribution in [0.1, 0.15) is 22.3 Å². The van der Waals surface area contributed by atoms with Gasteiger partial charge in [-0.3, -0.25) is 0 Å². The average molecular weight is 428 g/mol. The topological polar surface area (TPSA) is 85.0 Å². The van der Waals surface area contributed by atoms with Crippen LogP contribution in [0.15, 0.2) is 64.9 Å². The van der Waals surface area contributed by atoms with Crippen molar-refractivity contribution in [1.82, 2.24) is 4.31 Å². The van der Waals surface area contributed by atoms with E-state index in [-0.39, 0.29) is 17.3 Å². The highest BCUT2D eigenvalue weighted by molar-refractivity contribution is 7.91. The van der Waals surface area contributed by atoms with E-state index in [1.54, 1.807) is 54.6 Å². The molecule has 0 saturated heterocycles. The highest BCUT2D eigenvalue weighted by Crippen LogP contribution is 2.30. The Morgan fingerprint density at radius 1 is 0.893 bits per heavy atom. The Morgan fingerprint density at radius 2 is 1.43 bits per heavy atom. The fourth-order valence-electron chi connectivity index (χ4n) is 2.68. The summed E-state index contributed by atoms with van der Waals surface area (Å²) < 4.78 is 28.3. The summed E-state index contributed by atoms with van der Waals surface area (Å²) in [5, 5.41) is 18.2. The number of rotatable bonds is 6. The third-order valence-electron chi connectivity index (χ3n) is 3.97. The van der Waals surface area contributed by atoms with Crippen LogP contribution in [0.25, 0.3) is 0 Å². The summed E-state index contributed by atoms with van der Waals surface area (Å²) in [4.78, 5) is 0. The van der Waals surface area contributed by atoms with Gasteiger partial charge in [0, 0.05) is 13.1 Å². The van der Waals surface area contributed by atoms with E-state index >= 15 is 0 Å². The first-order valence-corrected chi connectivity index (χ1v) is 10.8. The maximum absolute atomic E-state index is 13.2. The summed E-state index contributed by atoms with van der Waals surface area (Å²) >= 11 is 6.92. The van der Waals surface area contributed by atoms with Crippen LogP contribution in [0, 0.1) is 22.7 Å². The summed E-state index contributed by atoms with van der Waals surface area (Å²) in [6, 6.07) is 20.8. The molecular weight excluding hydrogens is 414 g/mol. The number of benzene rings is 2. The highest BCUT2D eigenvalue weighted by atomic mass is 35.5. The lowest BCUT2D eigenvalue weighted by molar-refractivity contribution is 0.402. The highest BCUT2D eigenvalue weighted by Gasteiger charge is 2.27. The van der Waals surface area contributed by atoms with Gasteiger partial charge in [0.1, 0.15) is 4.21 Å². The molecule has 0 spiro atoms. The van der Waals surface area contributed by atoms with Crippen LogP contribution in [0.2, 0.25) is 4.34 Å². The van der Waals surface area contributed by atoms with Gasteiger partial charge in [0.2, 0.25) is 0 Å². The third kappa shape index (κ3) is 4.59. The standard InChI is InChI=1S/C20H14ClN3O2S2/c21-19-7-8-20(27-19)28(25,26)24(13-17-5-1-3-15(9-17)11-22)14-18-6-2-4-16(10-18)12-23/h1-10H,13-14H2. The Bertz CT molecular complexity index is 1130. The second kappa shape index (κ2) is 8.55. The van der Waals surface area contributed by atoms with E-state index in [2.05, 4.69) is 12.1 Å². The molecule has 0 fully saturated rings. The minimum Gasteiger partial charge on any atom is -0.206 e. The second-order valence-electron chi connectivity index (χ2n) is 5.96. The van der Waals surface area contributed by atoms with Crippen molar-refractivity contribution in [3.63, 3.8) is 0 Å². The molecular formula is C20H14ClN3O2S2. The van der Waals surface area contributed by atoms with E-state index in [1.807, 2.05) is 0 Å². The molecule has 8 heteroatoms. The summed E-state index contributed by atoms with van der Waals surface area (Å²) in [7, 11) is -3.81. The SMILES string of the molecule is N#Cc1cccc(CN(Cc2cccc(C#N)c2)S(=O)(=O)c2ccc(Cl)s2)c1. The minimum absolute atomic E-state index is 0.0875. The molecule has 1 heterocycles. The van der Waals surface area contributed by atoms with Crippen molar-refractivity contribution in [3.05, 3.63) is 87.3 Å². The van der Waals surface area contributed by atoms with Crippen LogP contribution >= 0.6 is 22.9 Å². The van der Waals surface area contributed by atoms with Crippen LogP contribution < -0.4 is 0 Å². The van der Waals surface area contributed by atoms with Crippen LogP contribution in [0.4, 0.5) is 0 Å². The lowest BCUT2D eigenvalue weighted by Gasteiger charge is -2.22. The first kappa shape index (κ1) is 20.1. The Morgan fingerprint density at radius 3 is 1.86 bits per heavy atom. The molecule has 0 aliphatic carbocycles. The van der Waals surface area contributed by atoms with E-state index < -0.39 is 10.0 Å². The number of nitriles is 2. The number of nitrogens with zero attached hydrogens (tertiary/aromatic N) is 3. The van der Waals surface area contributed by atoms with Crippen molar-refractivity contribution in [3.8, 4) is 12.1 Å². The molecule has 5 nitrogen and oxygen atoms in total. The van der Waals surface area contributed by atoms with Gasteiger partial charge in [-0.15, -0.1) is 11.3 Å². The predicted octanol–water partition coefficient (Wildman–Crippen LogP) is 4.54. The Labute approximate surface area is 172 Å². The van der Waals surface area contributed by atoms with Crippen LogP contribution in [0.5, 0.6) is 0 Å². The molecule has 140 valence electrons. The first-order chi connectivity index (χ1) is 13.4. The van der Waals surface area contributed by atoms with Crippen LogP contribution in [-0.2, 0) is 23.1 Å². The average Bonchev–Trinajstić information content (AvgIpc) is 3.15. The first-order valence-electron chi connectivity index (χ1n) is 8.16. The van der Waals surface area contributed by atoms with Crippen molar-refractivity contribution in [2.24, 2.45) is 0 Å². The lowest BCUT2D eigenvalue weighted by Crippen LogP contribution is -2.29. The van der Waals surface area contributed by atoms with E-state index in [4.69, 9.17) is 22.1 Å². The van der Waals surface area contributed by atoms with Gasteiger partial charge in [-0.2, -0.15) is 14.8 Å². The summed E-state index contributed by atoms with van der Waals surface area (Å²) in [6.45, 7) is 0.175. The summed E-state index contributed by atoms with van der Waals surface area (Å²) in [5.41, 5.74) is 2.31. The quantitative estimate of drug-likeness (QED) is 0.578. The molecule has 3 aromatic rings. The number of thiophene rings is 1. The molecule has 28 heavy (non-hydrogen) atoms. The number of hydrogen-bond donors (Lipinski definition) is 0. The second-order valence-corrected chi connectivity index (χ2v) is 9.84. The normalized spacial score (nSPS) is 11.1. The van der Waals surface area contributed by atoms with E-state index in [9.17, 15) is 8.42 Å². The van der Waals surface area contributed by atoms with Gasteiger partial charge in [0.15, 0.2) is 0 Å². The fourth-order valence-corrected chi connectivity index (χ4v) is 5.73. The van der Waals surface area contributed by atoms with Crippen molar-refractivity contribution in [1.29, 1.82) is 10.5 Å². The van der Waals surface area contributed by atoms with E-state index in [0.717, 1.165) is 11.3 Å². The maximum Gasteiger partial charge on any atom is 0.253 e. The monoisotopic (exact) mass is 427 g/mol. The fraction of sp³-hybridized carbons (Fsp3) is 0.100. The number of halogens is 1. The molecule has 1 aromatic heterocycles. The Hall–Kier alpha value is -2.68. The maximum atomic E-state index is 13.2. The van der Waals surface area contributed by atoms with Gasteiger partial charge >= 0.3 is 0 Å². The largest absolute Gasteiger partial charge is 0.253 e. The predicted molar refractivity (Wildman–Crippen MR) is 108 cm³/mol. The van der Waals surface area contributed by atoms with Gasteiger partial charge in [-0.05, 0) is 47.5 Å². The zero-order chi connectivity index (χ0) is 20.1. The molecule has 0 atom stereocenters. The molecule has 0 saturated carbocycles. The number of sulfonamides is 1. The Kier molecular flexibility index (Phi) is 6.13. The Balaban J connectivity index is 2.00. The molecule has 0 radical (unpaired) electrons. The van der Waals surface area contributed by atoms with E-state index in [1.165, 1.54) is 10.4 Å². The van der Waals surface area contributed by atoms with Crippen molar-refractivity contribution < 1.29 is 8.42 Å². The van der Waals surface area contributed by atoms with Crippen molar-refractivity contribution in [2.45, 2.75) is 17.3 Å². The third-order valence-corrected chi connectivity index (χ3v) is 7.46. The van der Waals surface area contributed by atoms with Crippen LogP contribution in [0.3, 0.4) is 0 Å².